The number of rotatable bonds is 3. The van der Waals surface area contributed by atoms with Gasteiger partial charge in [-0.25, -0.2) is 0 Å². The van der Waals surface area contributed by atoms with Crippen molar-refractivity contribution in [1.29, 1.82) is 0 Å². The molecule has 14 heavy (non-hydrogen) atoms. The average Bonchev–Trinajstić information content (AvgIpc) is 2.18. The molecule has 0 aliphatic rings. The Balaban J connectivity index is 2.54. The number of thiocarbonyl (C=S) groups is 1. The van der Waals surface area contributed by atoms with Crippen molar-refractivity contribution < 1.29 is 0 Å². The van der Waals surface area contributed by atoms with Crippen molar-refractivity contribution in [3.63, 3.8) is 0 Å². The molecule has 0 aliphatic heterocycles. The fourth-order valence-corrected chi connectivity index (χ4v) is 1.11. The SMILES string of the molecule is C[C@@H](C=NNC(N)=S)c1ccccc1. The van der Waals surface area contributed by atoms with Gasteiger partial charge in [-0.1, -0.05) is 37.3 Å². The maximum absolute atomic E-state index is 5.22. The Morgan fingerprint density at radius 3 is 2.71 bits per heavy atom. The Hall–Kier alpha value is -1.42. The van der Waals surface area contributed by atoms with Gasteiger partial charge in [0.05, 0.1) is 0 Å². The minimum absolute atomic E-state index is 0.182. The summed E-state index contributed by atoms with van der Waals surface area (Å²) >= 11 is 4.62. The van der Waals surface area contributed by atoms with Crippen LogP contribution in [0.25, 0.3) is 0 Å². The maximum Gasteiger partial charge on any atom is 0.184 e. The van der Waals surface area contributed by atoms with E-state index in [9.17, 15) is 0 Å². The molecule has 0 fully saturated rings. The van der Waals surface area contributed by atoms with Crippen LogP contribution in [-0.2, 0) is 0 Å². The highest BCUT2D eigenvalue weighted by molar-refractivity contribution is 7.80. The summed E-state index contributed by atoms with van der Waals surface area (Å²) in [5, 5.41) is 4.09. The number of nitrogens with zero attached hydrogens (tertiary/aromatic N) is 1. The minimum atomic E-state index is 0.182. The molecule has 0 heterocycles. The fourth-order valence-electron chi connectivity index (χ4n) is 1.06. The number of benzene rings is 1. The lowest BCUT2D eigenvalue weighted by molar-refractivity contribution is 0.979. The van der Waals surface area contributed by atoms with Crippen LogP contribution in [-0.4, -0.2) is 11.3 Å². The van der Waals surface area contributed by atoms with Crippen LogP contribution in [0.5, 0.6) is 0 Å². The Bertz CT molecular complexity index is 321. The lowest BCUT2D eigenvalue weighted by Gasteiger charge is -2.04. The molecule has 1 aromatic rings. The van der Waals surface area contributed by atoms with Crippen molar-refractivity contribution in [2.75, 3.05) is 0 Å². The zero-order chi connectivity index (χ0) is 10.4. The molecule has 1 rings (SSSR count). The number of hydrazone groups is 1. The van der Waals surface area contributed by atoms with E-state index < -0.39 is 0 Å². The first kappa shape index (κ1) is 10.7. The summed E-state index contributed by atoms with van der Waals surface area (Å²) in [6, 6.07) is 10.1. The molecule has 0 unspecified atom stereocenters. The van der Waals surface area contributed by atoms with Crippen molar-refractivity contribution >= 4 is 23.5 Å². The van der Waals surface area contributed by atoms with E-state index >= 15 is 0 Å². The largest absolute Gasteiger partial charge is 0.375 e. The Labute approximate surface area is 89.0 Å². The van der Waals surface area contributed by atoms with E-state index in [0.29, 0.717) is 0 Å². The van der Waals surface area contributed by atoms with Crippen molar-refractivity contribution in [2.24, 2.45) is 10.8 Å². The second-order valence-corrected chi connectivity index (χ2v) is 3.39. The first-order chi connectivity index (χ1) is 6.70. The van der Waals surface area contributed by atoms with Gasteiger partial charge in [-0.3, -0.25) is 5.43 Å². The summed E-state index contributed by atoms with van der Waals surface area (Å²) in [5.41, 5.74) is 8.96. The lowest BCUT2D eigenvalue weighted by Crippen LogP contribution is -2.24. The molecule has 1 atom stereocenters. The highest BCUT2D eigenvalue weighted by Crippen LogP contribution is 2.11. The average molecular weight is 207 g/mol. The van der Waals surface area contributed by atoms with Crippen LogP contribution in [0.1, 0.15) is 18.4 Å². The molecule has 3 nitrogen and oxygen atoms in total. The minimum Gasteiger partial charge on any atom is -0.375 e. The standard InChI is InChI=1S/C10H13N3S/c1-8(7-12-13-10(11)14)9-5-3-2-4-6-9/h2-8H,1H3,(H3,11,13,14)/t8-/m0/s1. The van der Waals surface area contributed by atoms with Crippen molar-refractivity contribution in [2.45, 2.75) is 12.8 Å². The summed E-state index contributed by atoms with van der Waals surface area (Å²) in [6.45, 7) is 2.06. The zero-order valence-corrected chi connectivity index (χ0v) is 8.79. The second-order valence-electron chi connectivity index (χ2n) is 2.95. The summed E-state index contributed by atoms with van der Waals surface area (Å²) in [6.07, 6.45) is 1.77. The quantitative estimate of drug-likeness (QED) is 0.450. The molecular weight excluding hydrogens is 194 g/mol. The van der Waals surface area contributed by atoms with Gasteiger partial charge in [-0.15, -0.1) is 0 Å². The molecule has 1 aromatic carbocycles. The normalized spacial score (nSPS) is 12.6. The van der Waals surface area contributed by atoms with E-state index in [-0.39, 0.29) is 11.0 Å². The van der Waals surface area contributed by atoms with Gasteiger partial charge >= 0.3 is 0 Å². The van der Waals surface area contributed by atoms with Gasteiger partial charge in [-0.2, -0.15) is 5.10 Å². The lowest BCUT2D eigenvalue weighted by atomic mass is 10.0. The summed E-state index contributed by atoms with van der Waals surface area (Å²) in [7, 11) is 0. The topological polar surface area (TPSA) is 50.4 Å². The number of nitrogens with two attached hydrogens (primary N) is 1. The van der Waals surface area contributed by atoms with Gasteiger partial charge < -0.3 is 5.73 Å². The van der Waals surface area contributed by atoms with E-state index in [1.54, 1.807) is 6.21 Å². The Kier molecular flexibility index (Phi) is 4.07. The molecule has 0 aromatic heterocycles. The first-order valence-electron chi connectivity index (χ1n) is 4.33. The molecule has 0 bridgehead atoms. The smallest absolute Gasteiger partial charge is 0.184 e. The van der Waals surface area contributed by atoms with Crippen LogP contribution in [0.2, 0.25) is 0 Å². The van der Waals surface area contributed by atoms with Gasteiger partial charge in [0.1, 0.15) is 0 Å². The predicted molar refractivity (Wildman–Crippen MR) is 63.3 cm³/mol. The van der Waals surface area contributed by atoms with Crippen LogP contribution in [0.4, 0.5) is 0 Å². The molecule has 0 spiro atoms. The summed E-state index contributed by atoms with van der Waals surface area (Å²) in [4.78, 5) is 0. The van der Waals surface area contributed by atoms with E-state index in [0.717, 1.165) is 0 Å². The molecule has 0 amide bonds. The summed E-state index contributed by atoms with van der Waals surface area (Å²) in [5.74, 6) is 0.248. The molecular formula is C10H13N3S. The molecule has 74 valence electrons. The molecule has 3 N–H and O–H groups in total. The second kappa shape index (κ2) is 5.34. The molecule has 0 radical (unpaired) electrons. The van der Waals surface area contributed by atoms with E-state index in [4.69, 9.17) is 5.73 Å². The van der Waals surface area contributed by atoms with Crippen LogP contribution < -0.4 is 11.2 Å². The van der Waals surface area contributed by atoms with E-state index in [2.05, 4.69) is 41.8 Å². The number of hydrogen-bond donors (Lipinski definition) is 2. The summed E-state index contributed by atoms with van der Waals surface area (Å²) < 4.78 is 0. The van der Waals surface area contributed by atoms with Gasteiger partial charge in [-0.05, 0) is 17.8 Å². The third-order valence-corrected chi connectivity index (χ3v) is 1.89. The van der Waals surface area contributed by atoms with Crippen LogP contribution in [0, 0.1) is 0 Å². The number of hydrogen-bond acceptors (Lipinski definition) is 2. The Morgan fingerprint density at radius 1 is 1.50 bits per heavy atom. The van der Waals surface area contributed by atoms with Gasteiger partial charge in [0.2, 0.25) is 0 Å². The van der Waals surface area contributed by atoms with Crippen LogP contribution >= 0.6 is 12.2 Å². The fraction of sp³-hybridized carbons (Fsp3) is 0.200. The van der Waals surface area contributed by atoms with Crippen LogP contribution in [0.15, 0.2) is 35.4 Å². The highest BCUT2D eigenvalue weighted by atomic mass is 32.1. The van der Waals surface area contributed by atoms with Gasteiger partial charge in [0, 0.05) is 12.1 Å². The Morgan fingerprint density at radius 2 is 2.14 bits per heavy atom. The van der Waals surface area contributed by atoms with E-state index in [1.807, 2.05) is 18.2 Å². The monoisotopic (exact) mass is 207 g/mol. The van der Waals surface area contributed by atoms with E-state index in [1.165, 1.54) is 5.56 Å². The zero-order valence-electron chi connectivity index (χ0n) is 7.97. The highest BCUT2D eigenvalue weighted by Gasteiger charge is 1.99. The van der Waals surface area contributed by atoms with Crippen molar-refractivity contribution in [1.82, 2.24) is 5.43 Å². The predicted octanol–water partition coefficient (Wildman–Crippen LogP) is 1.61. The third-order valence-electron chi connectivity index (χ3n) is 1.80. The first-order valence-corrected chi connectivity index (χ1v) is 4.74. The van der Waals surface area contributed by atoms with Crippen LogP contribution in [0.3, 0.4) is 0 Å². The van der Waals surface area contributed by atoms with Crippen molar-refractivity contribution in [3.8, 4) is 0 Å². The molecule has 0 saturated carbocycles. The molecule has 0 aliphatic carbocycles. The third kappa shape index (κ3) is 3.53. The van der Waals surface area contributed by atoms with Gasteiger partial charge in [0.15, 0.2) is 5.11 Å². The van der Waals surface area contributed by atoms with Gasteiger partial charge in [0.25, 0.3) is 0 Å². The number of nitrogens with one attached hydrogen (secondary N) is 1. The molecule has 4 heteroatoms. The maximum atomic E-state index is 5.22. The molecule has 0 saturated heterocycles. The van der Waals surface area contributed by atoms with Crippen molar-refractivity contribution in [3.05, 3.63) is 35.9 Å².